The minimum Gasteiger partial charge on any atom is -0.306 e. The molecular formula is C14H17F2N3S. The van der Waals surface area contributed by atoms with Crippen molar-refractivity contribution in [2.75, 3.05) is 6.54 Å². The van der Waals surface area contributed by atoms with Gasteiger partial charge < -0.3 is 5.32 Å². The molecule has 2 rings (SSSR count). The molecule has 0 fully saturated rings. The highest BCUT2D eigenvalue weighted by Crippen LogP contribution is 2.32. The van der Waals surface area contributed by atoms with Crippen LogP contribution in [0.25, 0.3) is 0 Å². The van der Waals surface area contributed by atoms with Crippen LogP contribution in [0.5, 0.6) is 0 Å². The Labute approximate surface area is 121 Å². The van der Waals surface area contributed by atoms with Crippen LogP contribution in [0.3, 0.4) is 0 Å². The highest BCUT2D eigenvalue weighted by molar-refractivity contribution is 7.05. The first kappa shape index (κ1) is 15.0. The van der Waals surface area contributed by atoms with Gasteiger partial charge in [0.25, 0.3) is 0 Å². The smallest absolute Gasteiger partial charge is 0.131 e. The third-order valence-corrected chi connectivity index (χ3v) is 3.84. The minimum absolute atomic E-state index is 0.202. The Morgan fingerprint density at radius 3 is 2.65 bits per heavy atom. The maximum atomic E-state index is 14.0. The zero-order valence-electron chi connectivity index (χ0n) is 11.7. The average molecular weight is 297 g/mol. The highest BCUT2D eigenvalue weighted by Gasteiger charge is 2.24. The second kappa shape index (κ2) is 6.37. The van der Waals surface area contributed by atoms with Gasteiger partial charge in [-0.1, -0.05) is 31.3 Å². The molecule has 20 heavy (non-hydrogen) atoms. The molecule has 2 aromatic rings. The zero-order valence-corrected chi connectivity index (χ0v) is 12.5. The van der Waals surface area contributed by atoms with E-state index in [0.29, 0.717) is 12.1 Å². The maximum Gasteiger partial charge on any atom is 0.131 e. The molecule has 1 heterocycles. The zero-order chi connectivity index (χ0) is 14.7. The first-order valence-corrected chi connectivity index (χ1v) is 7.32. The molecule has 1 aromatic carbocycles. The van der Waals surface area contributed by atoms with E-state index in [1.807, 2.05) is 20.8 Å². The van der Waals surface area contributed by atoms with Gasteiger partial charge in [0.2, 0.25) is 0 Å². The van der Waals surface area contributed by atoms with Crippen LogP contribution in [0.1, 0.15) is 48.9 Å². The summed E-state index contributed by atoms with van der Waals surface area (Å²) in [6.07, 6.45) is 0. The maximum absolute atomic E-state index is 14.0. The summed E-state index contributed by atoms with van der Waals surface area (Å²) in [5.74, 6) is -0.930. The predicted molar refractivity (Wildman–Crippen MR) is 75.9 cm³/mol. The molecule has 0 spiro atoms. The molecule has 0 bridgehead atoms. The standard InChI is InChI=1S/C14H17F2N3S/c1-4-17-13(10-6-5-9(15)7-11(10)16)14-12(8(2)3)18-19-20-14/h5-8,13,17H,4H2,1-3H3. The Hall–Kier alpha value is -1.40. The first-order chi connectivity index (χ1) is 9.54. The molecule has 0 radical (unpaired) electrons. The fraction of sp³-hybridized carbons (Fsp3) is 0.429. The number of nitrogens with zero attached hydrogens (tertiary/aromatic N) is 2. The van der Waals surface area contributed by atoms with Gasteiger partial charge in [-0.05, 0) is 30.1 Å². The lowest BCUT2D eigenvalue weighted by Gasteiger charge is -2.19. The lowest BCUT2D eigenvalue weighted by atomic mass is 9.99. The third-order valence-electron chi connectivity index (χ3n) is 3.03. The molecule has 108 valence electrons. The van der Waals surface area contributed by atoms with Gasteiger partial charge in [-0.2, -0.15) is 0 Å². The van der Waals surface area contributed by atoms with Crippen molar-refractivity contribution in [3.05, 3.63) is 46.0 Å². The Balaban J connectivity index is 2.47. The molecule has 6 heteroatoms. The minimum atomic E-state index is -0.576. The van der Waals surface area contributed by atoms with E-state index in [-0.39, 0.29) is 12.0 Å². The highest BCUT2D eigenvalue weighted by atomic mass is 32.1. The molecule has 0 amide bonds. The van der Waals surface area contributed by atoms with E-state index in [4.69, 9.17) is 0 Å². The van der Waals surface area contributed by atoms with Crippen LogP contribution >= 0.6 is 11.5 Å². The van der Waals surface area contributed by atoms with Crippen LogP contribution in [-0.4, -0.2) is 16.1 Å². The summed E-state index contributed by atoms with van der Waals surface area (Å²) in [5, 5.41) is 7.35. The summed E-state index contributed by atoms with van der Waals surface area (Å²) in [7, 11) is 0. The number of halogens is 2. The van der Waals surface area contributed by atoms with E-state index < -0.39 is 11.6 Å². The Kier molecular flexibility index (Phi) is 4.77. The average Bonchev–Trinajstić information content (AvgIpc) is 2.86. The van der Waals surface area contributed by atoms with Gasteiger partial charge in [0.1, 0.15) is 11.6 Å². The Bertz CT molecular complexity index is 584. The van der Waals surface area contributed by atoms with E-state index in [1.54, 1.807) is 0 Å². The molecule has 1 aromatic heterocycles. The van der Waals surface area contributed by atoms with Crippen LogP contribution in [0, 0.1) is 11.6 Å². The van der Waals surface area contributed by atoms with Gasteiger partial charge in [-0.25, -0.2) is 8.78 Å². The molecule has 0 aliphatic rings. The van der Waals surface area contributed by atoms with Crippen molar-refractivity contribution in [2.45, 2.75) is 32.7 Å². The topological polar surface area (TPSA) is 37.8 Å². The van der Waals surface area contributed by atoms with Crippen molar-refractivity contribution in [3.8, 4) is 0 Å². The van der Waals surface area contributed by atoms with Gasteiger partial charge in [0.15, 0.2) is 0 Å². The van der Waals surface area contributed by atoms with Crippen LogP contribution in [0.4, 0.5) is 8.78 Å². The molecule has 0 aliphatic heterocycles. The number of aromatic nitrogens is 2. The number of benzene rings is 1. The summed E-state index contributed by atoms with van der Waals surface area (Å²) >= 11 is 1.25. The lowest BCUT2D eigenvalue weighted by Crippen LogP contribution is -2.23. The van der Waals surface area contributed by atoms with Gasteiger partial charge in [-0.15, -0.1) is 5.10 Å². The van der Waals surface area contributed by atoms with Gasteiger partial charge >= 0.3 is 0 Å². The summed E-state index contributed by atoms with van der Waals surface area (Å²) in [4.78, 5) is 0.882. The van der Waals surface area contributed by atoms with Crippen molar-refractivity contribution in [3.63, 3.8) is 0 Å². The fourth-order valence-corrected chi connectivity index (χ4v) is 2.99. The Morgan fingerprint density at radius 2 is 2.05 bits per heavy atom. The second-order valence-corrected chi connectivity index (χ2v) is 5.62. The normalized spacial score (nSPS) is 12.9. The largest absolute Gasteiger partial charge is 0.306 e. The number of hydrogen-bond donors (Lipinski definition) is 1. The van der Waals surface area contributed by atoms with Gasteiger partial charge in [0, 0.05) is 11.6 Å². The SMILES string of the molecule is CCNC(c1ccc(F)cc1F)c1snnc1C(C)C. The van der Waals surface area contributed by atoms with E-state index in [9.17, 15) is 8.78 Å². The summed E-state index contributed by atoms with van der Waals surface area (Å²) < 4.78 is 31.1. The van der Waals surface area contributed by atoms with Crippen molar-refractivity contribution in [2.24, 2.45) is 0 Å². The number of nitrogens with one attached hydrogen (secondary N) is 1. The van der Waals surface area contributed by atoms with Crippen molar-refractivity contribution >= 4 is 11.5 Å². The molecule has 0 saturated heterocycles. The summed E-state index contributed by atoms with van der Waals surface area (Å²) in [6, 6.07) is 3.30. The van der Waals surface area contributed by atoms with Crippen LogP contribution in [-0.2, 0) is 0 Å². The van der Waals surface area contributed by atoms with Crippen molar-refractivity contribution in [1.29, 1.82) is 0 Å². The van der Waals surface area contributed by atoms with E-state index in [1.165, 1.54) is 23.7 Å². The Morgan fingerprint density at radius 1 is 1.30 bits per heavy atom. The van der Waals surface area contributed by atoms with Crippen molar-refractivity contribution in [1.82, 2.24) is 14.9 Å². The molecular weight excluding hydrogens is 280 g/mol. The summed E-state index contributed by atoms with van der Waals surface area (Å²) in [6.45, 7) is 6.64. The number of rotatable bonds is 5. The molecule has 1 unspecified atom stereocenters. The van der Waals surface area contributed by atoms with Crippen molar-refractivity contribution < 1.29 is 8.78 Å². The van der Waals surface area contributed by atoms with Crippen LogP contribution in [0.2, 0.25) is 0 Å². The first-order valence-electron chi connectivity index (χ1n) is 6.55. The lowest BCUT2D eigenvalue weighted by molar-refractivity contribution is 0.541. The van der Waals surface area contributed by atoms with Gasteiger partial charge in [-0.3, -0.25) is 0 Å². The molecule has 3 nitrogen and oxygen atoms in total. The predicted octanol–water partition coefficient (Wildman–Crippen LogP) is 3.64. The van der Waals surface area contributed by atoms with Gasteiger partial charge in [0.05, 0.1) is 16.6 Å². The fourth-order valence-electron chi connectivity index (χ4n) is 2.09. The monoisotopic (exact) mass is 297 g/mol. The van der Waals surface area contributed by atoms with E-state index in [2.05, 4.69) is 14.9 Å². The van der Waals surface area contributed by atoms with E-state index in [0.717, 1.165) is 16.6 Å². The van der Waals surface area contributed by atoms with Crippen LogP contribution < -0.4 is 5.32 Å². The molecule has 1 atom stereocenters. The molecule has 0 aliphatic carbocycles. The molecule has 1 N–H and O–H groups in total. The quantitative estimate of drug-likeness (QED) is 0.915. The van der Waals surface area contributed by atoms with Crippen LogP contribution in [0.15, 0.2) is 18.2 Å². The number of hydrogen-bond acceptors (Lipinski definition) is 4. The molecule has 0 saturated carbocycles. The summed E-state index contributed by atoms with van der Waals surface area (Å²) in [5.41, 5.74) is 1.27. The third kappa shape index (κ3) is 3.02. The van der Waals surface area contributed by atoms with E-state index >= 15 is 0 Å². The second-order valence-electron chi connectivity index (χ2n) is 4.83.